The Labute approximate surface area is 130 Å². The topological polar surface area (TPSA) is 0 Å². The van der Waals surface area contributed by atoms with E-state index in [4.69, 9.17) is 0 Å². The highest BCUT2D eigenvalue weighted by molar-refractivity contribution is 5.46. The van der Waals surface area contributed by atoms with Crippen LogP contribution in [0.2, 0.25) is 0 Å². The van der Waals surface area contributed by atoms with Gasteiger partial charge in [0.25, 0.3) is 5.67 Å². The van der Waals surface area contributed by atoms with Gasteiger partial charge in [-0.1, -0.05) is 0 Å². The van der Waals surface area contributed by atoms with Gasteiger partial charge in [0, 0.05) is 11.6 Å². The number of rotatable bonds is 1. The Morgan fingerprint density at radius 1 is 0.720 bits per heavy atom. The lowest BCUT2D eigenvalue weighted by molar-refractivity contribution is -0.229. The standard InChI is InChI=1S/C13H2F12/c14-2-1-3(15)12(22,13(23,24)25)5(6(2)16)4-7(17)9(19)11(21)10(20)8(4)18/h1,5H. The molecule has 0 aliphatic heterocycles. The van der Waals surface area contributed by atoms with Crippen molar-refractivity contribution in [3.05, 3.63) is 58.2 Å². The maximum atomic E-state index is 14.3. The number of hydrogen-bond acceptors (Lipinski definition) is 0. The summed E-state index contributed by atoms with van der Waals surface area (Å²) in [6.07, 6.45) is -7.32. The number of alkyl halides is 4. The molecule has 12 heteroatoms. The predicted molar refractivity (Wildman–Crippen MR) is 57.3 cm³/mol. The van der Waals surface area contributed by atoms with Gasteiger partial charge in [0.15, 0.2) is 34.9 Å². The molecule has 1 aromatic rings. The Hall–Kier alpha value is -2.14. The van der Waals surface area contributed by atoms with E-state index < -0.39 is 76.0 Å². The van der Waals surface area contributed by atoms with Crippen molar-refractivity contribution in [1.29, 1.82) is 0 Å². The zero-order valence-electron chi connectivity index (χ0n) is 11.2. The summed E-state index contributed by atoms with van der Waals surface area (Å²) in [5.41, 5.74) is -8.31. The second kappa shape index (κ2) is 5.70. The largest absolute Gasteiger partial charge is 0.430 e. The lowest BCUT2D eigenvalue weighted by Crippen LogP contribution is -2.49. The van der Waals surface area contributed by atoms with E-state index in [9.17, 15) is 52.7 Å². The molecule has 1 aliphatic carbocycles. The first-order chi connectivity index (χ1) is 11.3. The molecule has 0 aromatic heterocycles. The molecule has 0 saturated heterocycles. The minimum Gasteiger partial charge on any atom is -0.225 e. The first-order valence-electron chi connectivity index (χ1n) is 5.96. The van der Waals surface area contributed by atoms with E-state index >= 15 is 0 Å². The van der Waals surface area contributed by atoms with E-state index in [0.717, 1.165) is 0 Å². The van der Waals surface area contributed by atoms with Gasteiger partial charge in [-0.05, 0) is 0 Å². The van der Waals surface area contributed by atoms with Crippen LogP contribution in [0.4, 0.5) is 52.7 Å². The van der Waals surface area contributed by atoms with E-state index in [-0.39, 0.29) is 0 Å². The lowest BCUT2D eigenvalue weighted by Gasteiger charge is -2.35. The molecule has 2 unspecified atom stereocenters. The zero-order chi connectivity index (χ0) is 19.5. The van der Waals surface area contributed by atoms with Crippen molar-refractivity contribution in [2.24, 2.45) is 0 Å². The van der Waals surface area contributed by atoms with Crippen LogP contribution in [-0.2, 0) is 0 Å². The molecular weight excluding hydrogens is 384 g/mol. The van der Waals surface area contributed by atoms with Crippen molar-refractivity contribution in [2.75, 3.05) is 0 Å². The van der Waals surface area contributed by atoms with E-state index in [1.165, 1.54) is 0 Å². The van der Waals surface area contributed by atoms with Gasteiger partial charge in [-0.15, -0.1) is 0 Å². The quantitative estimate of drug-likeness (QED) is 0.327. The van der Waals surface area contributed by atoms with Gasteiger partial charge < -0.3 is 0 Å². The average Bonchev–Trinajstić information content (AvgIpc) is 2.51. The fourth-order valence-corrected chi connectivity index (χ4v) is 2.24. The van der Waals surface area contributed by atoms with E-state index in [2.05, 4.69) is 0 Å². The fourth-order valence-electron chi connectivity index (χ4n) is 2.24. The van der Waals surface area contributed by atoms with Crippen molar-refractivity contribution in [1.82, 2.24) is 0 Å². The second-order valence-electron chi connectivity index (χ2n) is 4.81. The third-order valence-electron chi connectivity index (χ3n) is 3.43. The molecule has 2 rings (SSSR count). The van der Waals surface area contributed by atoms with Gasteiger partial charge >= 0.3 is 6.18 Å². The zero-order valence-corrected chi connectivity index (χ0v) is 11.2. The molecule has 2 atom stereocenters. The minimum absolute atomic E-state index is 0.884. The summed E-state index contributed by atoms with van der Waals surface area (Å²) < 4.78 is 160. The molecule has 0 spiro atoms. The Morgan fingerprint density at radius 3 is 1.52 bits per heavy atom. The normalized spacial score (nSPS) is 24.6. The van der Waals surface area contributed by atoms with Crippen LogP contribution in [0.3, 0.4) is 0 Å². The maximum Gasteiger partial charge on any atom is 0.430 e. The lowest BCUT2D eigenvalue weighted by atomic mass is 9.77. The van der Waals surface area contributed by atoms with Crippen LogP contribution in [0.5, 0.6) is 0 Å². The van der Waals surface area contributed by atoms with E-state index in [0.29, 0.717) is 0 Å². The summed E-state index contributed by atoms with van der Waals surface area (Å²) in [6.45, 7) is 0. The number of hydrogen-bond donors (Lipinski definition) is 0. The molecule has 0 nitrogen and oxygen atoms in total. The van der Waals surface area contributed by atoms with Crippen LogP contribution < -0.4 is 0 Å². The van der Waals surface area contributed by atoms with Crippen molar-refractivity contribution >= 4 is 0 Å². The van der Waals surface area contributed by atoms with Gasteiger partial charge in [-0.3, -0.25) is 0 Å². The second-order valence-corrected chi connectivity index (χ2v) is 4.81. The Balaban J connectivity index is 2.95. The van der Waals surface area contributed by atoms with Crippen molar-refractivity contribution in [3.8, 4) is 0 Å². The molecule has 0 saturated carbocycles. The number of benzene rings is 1. The Bertz CT molecular complexity index is 773. The predicted octanol–water partition coefficient (Wildman–Crippen LogP) is 5.75. The van der Waals surface area contributed by atoms with E-state index in [1.54, 1.807) is 0 Å². The summed E-state index contributed by atoms with van der Waals surface area (Å²) in [4.78, 5) is 0. The van der Waals surface area contributed by atoms with Crippen molar-refractivity contribution < 1.29 is 52.7 Å². The van der Waals surface area contributed by atoms with Gasteiger partial charge in [0.05, 0.1) is 5.92 Å². The monoisotopic (exact) mass is 386 g/mol. The molecule has 1 aliphatic rings. The van der Waals surface area contributed by atoms with Crippen LogP contribution >= 0.6 is 0 Å². The van der Waals surface area contributed by atoms with Gasteiger partial charge in [0.1, 0.15) is 5.83 Å². The highest BCUT2D eigenvalue weighted by Gasteiger charge is 2.68. The average molecular weight is 386 g/mol. The summed E-state index contributed by atoms with van der Waals surface area (Å²) >= 11 is 0. The number of halogens is 12. The molecule has 0 radical (unpaired) electrons. The van der Waals surface area contributed by atoms with Crippen LogP contribution in [0, 0.1) is 29.1 Å². The fraction of sp³-hybridized carbons (Fsp3) is 0.231. The first-order valence-corrected chi connectivity index (χ1v) is 5.96. The molecule has 0 N–H and O–H groups in total. The van der Waals surface area contributed by atoms with Crippen LogP contribution in [-0.4, -0.2) is 11.8 Å². The van der Waals surface area contributed by atoms with Gasteiger partial charge in [-0.2, -0.15) is 13.2 Å². The van der Waals surface area contributed by atoms with Crippen LogP contribution in [0.25, 0.3) is 0 Å². The summed E-state index contributed by atoms with van der Waals surface area (Å²) in [5, 5.41) is 0. The van der Waals surface area contributed by atoms with Crippen molar-refractivity contribution in [2.45, 2.75) is 17.8 Å². The van der Waals surface area contributed by atoms with Crippen molar-refractivity contribution in [3.63, 3.8) is 0 Å². The Kier molecular flexibility index (Phi) is 4.37. The molecule has 0 heterocycles. The molecule has 138 valence electrons. The molecule has 0 fully saturated rings. The number of allylic oxidation sites excluding steroid dienone is 4. The third-order valence-corrected chi connectivity index (χ3v) is 3.43. The smallest absolute Gasteiger partial charge is 0.225 e. The molecular formula is C13H2F12. The van der Waals surface area contributed by atoms with Gasteiger partial charge in [0.2, 0.25) is 5.82 Å². The van der Waals surface area contributed by atoms with E-state index in [1.807, 2.05) is 0 Å². The van der Waals surface area contributed by atoms with Gasteiger partial charge in [-0.25, -0.2) is 39.5 Å². The first kappa shape index (κ1) is 19.2. The summed E-state index contributed by atoms with van der Waals surface area (Å²) in [6, 6.07) is 0. The third kappa shape index (κ3) is 2.49. The SMILES string of the molecule is FC1=CC(F)=C(F)C(c2c(F)c(F)c(F)c(F)c2F)C1(F)C(F)(F)F. The van der Waals surface area contributed by atoms with Crippen LogP contribution in [0.1, 0.15) is 11.5 Å². The highest BCUT2D eigenvalue weighted by Crippen LogP contribution is 2.57. The summed E-state index contributed by atoms with van der Waals surface area (Å²) in [5.74, 6) is -27.3. The summed E-state index contributed by atoms with van der Waals surface area (Å²) in [7, 11) is 0. The molecule has 0 amide bonds. The molecule has 25 heavy (non-hydrogen) atoms. The molecule has 0 bridgehead atoms. The molecule has 1 aromatic carbocycles. The highest BCUT2D eigenvalue weighted by atomic mass is 19.4. The minimum atomic E-state index is -6.43. The van der Waals surface area contributed by atoms with Crippen LogP contribution in [0.15, 0.2) is 23.6 Å². The Morgan fingerprint density at radius 2 is 1.12 bits per heavy atom. The maximum absolute atomic E-state index is 14.3.